The number of carbonyl (C=O) groups is 1. The van der Waals surface area contributed by atoms with E-state index in [1.54, 1.807) is 20.4 Å². The number of rotatable bonds is 7. The third-order valence-corrected chi connectivity index (χ3v) is 4.77. The maximum absolute atomic E-state index is 12.8. The minimum Gasteiger partial charge on any atom is -0.497 e. The van der Waals surface area contributed by atoms with Crippen molar-refractivity contribution in [3.05, 3.63) is 78.5 Å². The van der Waals surface area contributed by atoms with Gasteiger partial charge in [-0.2, -0.15) is 5.10 Å². The summed E-state index contributed by atoms with van der Waals surface area (Å²) >= 11 is 0. The second-order valence-corrected chi connectivity index (χ2v) is 6.73. The molecule has 152 valence electrons. The van der Waals surface area contributed by atoms with E-state index in [4.69, 9.17) is 9.47 Å². The quantitative estimate of drug-likeness (QED) is 0.430. The largest absolute Gasteiger partial charge is 0.497 e. The molecule has 7 heteroatoms. The van der Waals surface area contributed by atoms with E-state index in [-0.39, 0.29) is 5.91 Å². The molecule has 0 bridgehead atoms. The summed E-state index contributed by atoms with van der Waals surface area (Å²) in [6.07, 6.45) is 1.72. The smallest absolute Gasteiger partial charge is 0.246 e. The molecule has 4 rings (SSSR count). The van der Waals surface area contributed by atoms with E-state index in [1.807, 2.05) is 66.7 Å². The number of methoxy groups -OCH3 is 1. The molecule has 1 unspecified atom stereocenters. The highest BCUT2D eigenvalue weighted by atomic mass is 16.5. The fourth-order valence-electron chi connectivity index (χ4n) is 3.19. The molecule has 30 heavy (non-hydrogen) atoms. The predicted octanol–water partition coefficient (Wildman–Crippen LogP) is 4.26. The van der Waals surface area contributed by atoms with Crippen molar-refractivity contribution >= 4 is 22.5 Å². The molecule has 0 aliphatic heterocycles. The Bertz CT molecular complexity index is 1140. The number of aromatic amines is 1. The van der Waals surface area contributed by atoms with Crippen molar-refractivity contribution in [2.75, 3.05) is 19.5 Å². The highest BCUT2D eigenvalue weighted by molar-refractivity contribution is 5.97. The van der Waals surface area contributed by atoms with Gasteiger partial charge in [-0.05, 0) is 67.2 Å². The van der Waals surface area contributed by atoms with Gasteiger partial charge in [-0.1, -0.05) is 12.1 Å². The Morgan fingerprint density at radius 2 is 1.63 bits per heavy atom. The maximum atomic E-state index is 12.8. The molecule has 3 aromatic carbocycles. The van der Waals surface area contributed by atoms with Crippen molar-refractivity contribution in [1.29, 1.82) is 0 Å². The number of hydrogen-bond acceptors (Lipinski definition) is 5. The SMILES string of the molecule is CNC(C(=O)Nc1ccc2[nH]ncc2c1)c1ccc(Oc2ccc(OC)cc2)cc1. The number of fused-ring (bicyclic) bond motifs is 1. The van der Waals surface area contributed by atoms with Crippen LogP contribution in [0, 0.1) is 0 Å². The van der Waals surface area contributed by atoms with Crippen molar-refractivity contribution in [2.24, 2.45) is 0 Å². The van der Waals surface area contributed by atoms with Gasteiger partial charge < -0.3 is 20.1 Å². The molecule has 1 amide bonds. The van der Waals surface area contributed by atoms with Crippen molar-refractivity contribution < 1.29 is 14.3 Å². The molecule has 0 saturated heterocycles. The average Bonchev–Trinajstić information content (AvgIpc) is 3.24. The lowest BCUT2D eigenvalue weighted by Crippen LogP contribution is -2.30. The number of ether oxygens (including phenoxy) is 2. The summed E-state index contributed by atoms with van der Waals surface area (Å²) in [7, 11) is 3.38. The number of nitrogens with zero attached hydrogens (tertiary/aromatic N) is 1. The molecular weight excluding hydrogens is 380 g/mol. The first kappa shape index (κ1) is 19.5. The Labute approximate surface area is 174 Å². The second kappa shape index (κ2) is 8.67. The van der Waals surface area contributed by atoms with Crippen LogP contribution >= 0.6 is 0 Å². The lowest BCUT2D eigenvalue weighted by atomic mass is 10.1. The van der Waals surface area contributed by atoms with Crippen LogP contribution in [0.4, 0.5) is 5.69 Å². The number of nitrogens with one attached hydrogen (secondary N) is 3. The lowest BCUT2D eigenvalue weighted by Gasteiger charge is -2.17. The van der Waals surface area contributed by atoms with Crippen LogP contribution < -0.4 is 20.1 Å². The molecule has 3 N–H and O–H groups in total. The molecule has 0 aliphatic carbocycles. The van der Waals surface area contributed by atoms with Gasteiger partial charge in [0.25, 0.3) is 0 Å². The van der Waals surface area contributed by atoms with E-state index < -0.39 is 6.04 Å². The van der Waals surface area contributed by atoms with Gasteiger partial charge in [-0.3, -0.25) is 9.89 Å². The Kier molecular flexibility index (Phi) is 5.63. The summed E-state index contributed by atoms with van der Waals surface area (Å²) in [5.41, 5.74) is 2.47. The van der Waals surface area contributed by atoms with Crippen LogP contribution in [0.25, 0.3) is 10.9 Å². The van der Waals surface area contributed by atoms with Crippen LogP contribution in [0.15, 0.2) is 72.9 Å². The molecule has 1 atom stereocenters. The molecule has 1 heterocycles. The first-order chi connectivity index (χ1) is 14.7. The summed E-state index contributed by atoms with van der Waals surface area (Å²) in [4.78, 5) is 12.8. The summed E-state index contributed by atoms with van der Waals surface area (Å²) in [6.45, 7) is 0. The summed E-state index contributed by atoms with van der Waals surface area (Å²) < 4.78 is 11.0. The van der Waals surface area contributed by atoms with Crippen molar-refractivity contribution in [3.63, 3.8) is 0 Å². The van der Waals surface area contributed by atoms with Crippen LogP contribution in [-0.4, -0.2) is 30.3 Å². The molecule has 0 saturated carbocycles. The lowest BCUT2D eigenvalue weighted by molar-refractivity contribution is -0.118. The van der Waals surface area contributed by atoms with E-state index in [0.717, 1.165) is 22.2 Å². The highest BCUT2D eigenvalue weighted by Gasteiger charge is 2.19. The van der Waals surface area contributed by atoms with Gasteiger partial charge >= 0.3 is 0 Å². The third kappa shape index (κ3) is 4.26. The molecule has 7 nitrogen and oxygen atoms in total. The number of carbonyl (C=O) groups excluding carboxylic acids is 1. The predicted molar refractivity (Wildman–Crippen MR) is 116 cm³/mol. The number of hydrogen-bond donors (Lipinski definition) is 3. The second-order valence-electron chi connectivity index (χ2n) is 6.73. The van der Waals surface area contributed by atoms with Gasteiger partial charge in [0.05, 0.1) is 18.8 Å². The van der Waals surface area contributed by atoms with Gasteiger partial charge in [0.2, 0.25) is 5.91 Å². The summed E-state index contributed by atoms with van der Waals surface area (Å²) in [5.74, 6) is 2.02. The monoisotopic (exact) mass is 402 g/mol. The fourth-order valence-corrected chi connectivity index (χ4v) is 3.19. The fraction of sp³-hybridized carbons (Fsp3) is 0.130. The van der Waals surface area contributed by atoms with Crippen molar-refractivity contribution in [3.8, 4) is 17.2 Å². The standard InChI is InChI=1S/C23H22N4O3/c1-24-22(23(28)26-17-5-12-21-16(13-17)14-25-27-21)15-3-6-19(7-4-15)30-20-10-8-18(29-2)9-11-20/h3-14,22,24H,1-2H3,(H,25,27)(H,26,28). The normalized spacial score (nSPS) is 11.8. The maximum Gasteiger partial charge on any atom is 0.246 e. The number of amides is 1. The third-order valence-electron chi connectivity index (χ3n) is 4.77. The zero-order valence-corrected chi connectivity index (χ0v) is 16.7. The summed E-state index contributed by atoms with van der Waals surface area (Å²) in [6, 6.07) is 19.9. The molecule has 0 aliphatic rings. The van der Waals surface area contributed by atoms with Crippen LogP contribution in [0.3, 0.4) is 0 Å². The van der Waals surface area contributed by atoms with E-state index in [9.17, 15) is 4.79 Å². The Hall–Kier alpha value is -3.84. The molecule has 0 radical (unpaired) electrons. The van der Waals surface area contributed by atoms with E-state index in [0.29, 0.717) is 17.2 Å². The minimum absolute atomic E-state index is 0.149. The summed E-state index contributed by atoms with van der Waals surface area (Å²) in [5, 5.41) is 13.9. The van der Waals surface area contributed by atoms with Gasteiger partial charge in [0.15, 0.2) is 0 Å². The van der Waals surface area contributed by atoms with Gasteiger partial charge in [0, 0.05) is 11.1 Å². The number of aromatic nitrogens is 2. The zero-order valence-electron chi connectivity index (χ0n) is 16.7. The van der Waals surface area contributed by atoms with E-state index in [2.05, 4.69) is 20.8 Å². The topological polar surface area (TPSA) is 88.3 Å². The minimum atomic E-state index is -0.500. The van der Waals surface area contributed by atoms with Gasteiger partial charge in [0.1, 0.15) is 23.3 Å². The molecule has 0 spiro atoms. The van der Waals surface area contributed by atoms with Gasteiger partial charge in [-0.15, -0.1) is 0 Å². The molecule has 1 aromatic heterocycles. The zero-order chi connectivity index (χ0) is 20.9. The van der Waals surface area contributed by atoms with Crippen LogP contribution in [0.5, 0.6) is 17.2 Å². The molecule has 0 fully saturated rings. The first-order valence-corrected chi connectivity index (χ1v) is 9.49. The number of benzene rings is 3. The van der Waals surface area contributed by atoms with E-state index in [1.165, 1.54) is 0 Å². The Morgan fingerprint density at radius 3 is 2.30 bits per heavy atom. The number of anilines is 1. The first-order valence-electron chi connectivity index (χ1n) is 9.49. The molecule has 4 aromatic rings. The highest BCUT2D eigenvalue weighted by Crippen LogP contribution is 2.26. The Morgan fingerprint density at radius 1 is 0.967 bits per heavy atom. The van der Waals surface area contributed by atoms with Crippen molar-refractivity contribution in [2.45, 2.75) is 6.04 Å². The Balaban J connectivity index is 1.44. The van der Waals surface area contributed by atoms with Crippen LogP contribution in [-0.2, 0) is 4.79 Å². The molecular formula is C23H22N4O3. The average molecular weight is 402 g/mol. The number of likely N-dealkylation sites (N-methyl/N-ethyl adjacent to an activating group) is 1. The van der Waals surface area contributed by atoms with Crippen LogP contribution in [0.1, 0.15) is 11.6 Å². The number of H-pyrrole nitrogens is 1. The van der Waals surface area contributed by atoms with Crippen molar-refractivity contribution in [1.82, 2.24) is 15.5 Å². The van der Waals surface area contributed by atoms with Gasteiger partial charge in [-0.25, -0.2) is 0 Å². The van der Waals surface area contributed by atoms with E-state index >= 15 is 0 Å². The van der Waals surface area contributed by atoms with Crippen LogP contribution in [0.2, 0.25) is 0 Å².